The van der Waals surface area contributed by atoms with Crippen molar-refractivity contribution in [3.05, 3.63) is 17.6 Å². The smallest absolute Gasteiger partial charge is 0.132 e. The van der Waals surface area contributed by atoms with Gasteiger partial charge in [-0.2, -0.15) is 0 Å². The largest absolute Gasteiger partial charge is 0.370 e. The Bertz CT molecular complexity index is 321. The fourth-order valence-electron chi connectivity index (χ4n) is 1.78. The normalized spacial score (nSPS) is 10.8. The third-order valence-corrected chi connectivity index (χ3v) is 2.53. The van der Waals surface area contributed by atoms with Crippen LogP contribution in [-0.4, -0.2) is 16.5 Å². The van der Waals surface area contributed by atoms with Gasteiger partial charge in [0.2, 0.25) is 0 Å². The molecule has 90 valence electrons. The molecule has 0 unspecified atom stereocenters. The Kier molecular flexibility index (Phi) is 5.23. The van der Waals surface area contributed by atoms with Crippen LogP contribution in [0.2, 0.25) is 0 Å². The highest BCUT2D eigenvalue weighted by molar-refractivity contribution is 5.46. The Balaban J connectivity index is 2.91. The van der Waals surface area contributed by atoms with Crippen molar-refractivity contribution in [1.82, 2.24) is 9.97 Å². The molecule has 16 heavy (non-hydrogen) atoms. The summed E-state index contributed by atoms with van der Waals surface area (Å²) in [7, 11) is 0. The van der Waals surface area contributed by atoms with Gasteiger partial charge in [0.05, 0.1) is 0 Å². The highest BCUT2D eigenvalue weighted by atomic mass is 15.0. The molecule has 3 heteroatoms. The third-order valence-electron chi connectivity index (χ3n) is 2.53. The van der Waals surface area contributed by atoms with Gasteiger partial charge in [0.1, 0.15) is 12.1 Å². The van der Waals surface area contributed by atoms with Gasteiger partial charge in [0.25, 0.3) is 0 Å². The molecule has 0 atom stereocenters. The summed E-state index contributed by atoms with van der Waals surface area (Å²) in [4.78, 5) is 8.74. The standard InChI is InChI=1S/C13H23N3/c1-5-7-14-13-11(6-2)12(8-10(3)4)15-9-16-13/h9-10H,5-8H2,1-4H3,(H,14,15,16). The number of aromatic nitrogens is 2. The lowest BCUT2D eigenvalue weighted by Crippen LogP contribution is -2.10. The van der Waals surface area contributed by atoms with Gasteiger partial charge >= 0.3 is 0 Å². The van der Waals surface area contributed by atoms with E-state index in [-0.39, 0.29) is 0 Å². The van der Waals surface area contributed by atoms with Crippen LogP contribution >= 0.6 is 0 Å². The molecule has 1 heterocycles. The van der Waals surface area contributed by atoms with Gasteiger partial charge in [-0.3, -0.25) is 0 Å². The average molecular weight is 221 g/mol. The van der Waals surface area contributed by atoms with E-state index in [0.717, 1.165) is 31.6 Å². The van der Waals surface area contributed by atoms with E-state index in [0.29, 0.717) is 5.92 Å². The zero-order valence-corrected chi connectivity index (χ0v) is 10.9. The van der Waals surface area contributed by atoms with E-state index in [1.807, 2.05) is 0 Å². The highest BCUT2D eigenvalue weighted by Gasteiger charge is 2.10. The molecular weight excluding hydrogens is 198 g/mol. The van der Waals surface area contributed by atoms with Crippen LogP contribution in [0.5, 0.6) is 0 Å². The van der Waals surface area contributed by atoms with Crippen molar-refractivity contribution in [2.45, 2.75) is 47.0 Å². The number of rotatable bonds is 6. The van der Waals surface area contributed by atoms with Crippen LogP contribution in [0.3, 0.4) is 0 Å². The topological polar surface area (TPSA) is 37.8 Å². The summed E-state index contributed by atoms with van der Waals surface area (Å²) in [5.74, 6) is 1.66. The van der Waals surface area contributed by atoms with Gasteiger partial charge in [-0.25, -0.2) is 9.97 Å². The molecule has 0 aliphatic heterocycles. The molecule has 0 amide bonds. The number of hydrogen-bond acceptors (Lipinski definition) is 3. The van der Waals surface area contributed by atoms with Crippen LogP contribution < -0.4 is 5.32 Å². The van der Waals surface area contributed by atoms with E-state index in [2.05, 4.69) is 43.0 Å². The van der Waals surface area contributed by atoms with E-state index in [4.69, 9.17) is 0 Å². The molecule has 0 aromatic carbocycles. The molecule has 1 aromatic rings. The summed E-state index contributed by atoms with van der Waals surface area (Å²) in [6.45, 7) is 9.75. The van der Waals surface area contributed by atoms with Gasteiger partial charge in [-0.15, -0.1) is 0 Å². The first kappa shape index (κ1) is 12.9. The number of hydrogen-bond donors (Lipinski definition) is 1. The quantitative estimate of drug-likeness (QED) is 0.802. The van der Waals surface area contributed by atoms with Crippen molar-refractivity contribution in [3.8, 4) is 0 Å². The summed E-state index contributed by atoms with van der Waals surface area (Å²) >= 11 is 0. The van der Waals surface area contributed by atoms with Crippen LogP contribution in [0.15, 0.2) is 6.33 Å². The monoisotopic (exact) mass is 221 g/mol. The SMILES string of the molecule is CCCNc1ncnc(CC(C)C)c1CC. The second kappa shape index (κ2) is 6.46. The Morgan fingerprint density at radius 3 is 2.56 bits per heavy atom. The van der Waals surface area contributed by atoms with Crippen molar-refractivity contribution in [2.24, 2.45) is 5.92 Å². The third kappa shape index (κ3) is 3.47. The molecule has 1 rings (SSSR count). The Hall–Kier alpha value is -1.12. The molecular formula is C13H23N3. The first-order valence-electron chi connectivity index (χ1n) is 6.25. The zero-order valence-electron chi connectivity index (χ0n) is 10.9. The molecule has 3 nitrogen and oxygen atoms in total. The van der Waals surface area contributed by atoms with Crippen LogP contribution in [-0.2, 0) is 12.8 Å². The number of nitrogens with zero attached hydrogens (tertiary/aromatic N) is 2. The molecule has 0 bridgehead atoms. The minimum atomic E-state index is 0.638. The first-order chi connectivity index (χ1) is 7.69. The second-order valence-corrected chi connectivity index (χ2v) is 4.53. The second-order valence-electron chi connectivity index (χ2n) is 4.53. The fraction of sp³-hybridized carbons (Fsp3) is 0.692. The summed E-state index contributed by atoms with van der Waals surface area (Å²) < 4.78 is 0. The Morgan fingerprint density at radius 2 is 2.00 bits per heavy atom. The number of anilines is 1. The maximum Gasteiger partial charge on any atom is 0.132 e. The Labute approximate surface area is 98.7 Å². The maximum absolute atomic E-state index is 4.41. The molecule has 0 aliphatic rings. The number of nitrogens with one attached hydrogen (secondary N) is 1. The van der Waals surface area contributed by atoms with Crippen molar-refractivity contribution >= 4 is 5.82 Å². The van der Waals surface area contributed by atoms with Crippen LogP contribution in [0, 0.1) is 5.92 Å². The highest BCUT2D eigenvalue weighted by Crippen LogP contribution is 2.18. The first-order valence-corrected chi connectivity index (χ1v) is 6.25. The van der Waals surface area contributed by atoms with Gasteiger partial charge in [0.15, 0.2) is 0 Å². The predicted octanol–water partition coefficient (Wildman–Crippen LogP) is 3.06. The summed E-state index contributed by atoms with van der Waals surface area (Å²) in [5, 5.41) is 3.38. The van der Waals surface area contributed by atoms with E-state index in [1.165, 1.54) is 11.3 Å². The van der Waals surface area contributed by atoms with Crippen LogP contribution in [0.4, 0.5) is 5.82 Å². The summed E-state index contributed by atoms with van der Waals surface area (Å²) in [6.07, 6.45) is 4.82. The molecule has 0 saturated heterocycles. The van der Waals surface area contributed by atoms with Crippen molar-refractivity contribution in [1.29, 1.82) is 0 Å². The average Bonchev–Trinajstić information content (AvgIpc) is 2.25. The van der Waals surface area contributed by atoms with E-state index in [1.54, 1.807) is 6.33 Å². The summed E-state index contributed by atoms with van der Waals surface area (Å²) in [6, 6.07) is 0. The molecule has 0 saturated carbocycles. The Morgan fingerprint density at radius 1 is 1.25 bits per heavy atom. The van der Waals surface area contributed by atoms with Gasteiger partial charge in [-0.05, 0) is 25.2 Å². The van der Waals surface area contributed by atoms with Crippen LogP contribution in [0.25, 0.3) is 0 Å². The lowest BCUT2D eigenvalue weighted by Gasteiger charge is -2.13. The van der Waals surface area contributed by atoms with Crippen molar-refractivity contribution < 1.29 is 0 Å². The molecule has 1 aromatic heterocycles. The van der Waals surface area contributed by atoms with Crippen LogP contribution in [0.1, 0.15) is 45.4 Å². The predicted molar refractivity (Wildman–Crippen MR) is 68.7 cm³/mol. The molecule has 0 fully saturated rings. The molecule has 0 spiro atoms. The van der Waals surface area contributed by atoms with Gasteiger partial charge in [-0.1, -0.05) is 27.7 Å². The van der Waals surface area contributed by atoms with Gasteiger partial charge < -0.3 is 5.32 Å². The van der Waals surface area contributed by atoms with E-state index in [9.17, 15) is 0 Å². The molecule has 1 N–H and O–H groups in total. The van der Waals surface area contributed by atoms with Crippen molar-refractivity contribution in [3.63, 3.8) is 0 Å². The van der Waals surface area contributed by atoms with E-state index < -0.39 is 0 Å². The van der Waals surface area contributed by atoms with Crippen molar-refractivity contribution in [2.75, 3.05) is 11.9 Å². The minimum Gasteiger partial charge on any atom is -0.370 e. The molecule has 0 aliphatic carbocycles. The fourth-order valence-corrected chi connectivity index (χ4v) is 1.78. The van der Waals surface area contributed by atoms with E-state index >= 15 is 0 Å². The zero-order chi connectivity index (χ0) is 12.0. The maximum atomic E-state index is 4.41. The molecule has 0 radical (unpaired) electrons. The summed E-state index contributed by atoms with van der Waals surface area (Å²) in [5.41, 5.74) is 2.48. The lowest BCUT2D eigenvalue weighted by atomic mass is 10.0. The lowest BCUT2D eigenvalue weighted by molar-refractivity contribution is 0.628. The minimum absolute atomic E-state index is 0.638. The van der Waals surface area contributed by atoms with Gasteiger partial charge in [0, 0.05) is 17.8 Å².